The molecule has 0 saturated carbocycles. The summed E-state index contributed by atoms with van der Waals surface area (Å²) in [6.07, 6.45) is 3.51. The van der Waals surface area contributed by atoms with Gasteiger partial charge in [-0.25, -0.2) is 0 Å². The lowest BCUT2D eigenvalue weighted by Gasteiger charge is -2.55. The molecule has 2 aromatic carbocycles. The number of rotatable bonds is 5. The monoisotopic (exact) mass is 441 g/mol. The van der Waals surface area contributed by atoms with Crippen LogP contribution >= 0.6 is 0 Å². The molecule has 2 unspecified atom stereocenters. The molecule has 4 rings (SSSR count). The zero-order valence-corrected chi connectivity index (χ0v) is 19.4. The maximum Gasteiger partial charge on any atom is 0.224 e. The smallest absolute Gasteiger partial charge is 0.224 e. The van der Waals surface area contributed by atoms with E-state index in [2.05, 4.69) is 16.4 Å². The minimum atomic E-state index is -0.848. The number of pyridine rings is 1. The fourth-order valence-electron chi connectivity index (χ4n) is 5.50. The summed E-state index contributed by atoms with van der Waals surface area (Å²) in [7, 11) is 0. The second kappa shape index (κ2) is 8.35. The topological polar surface area (TPSA) is 88.3 Å². The van der Waals surface area contributed by atoms with Crippen LogP contribution < -0.4 is 16.0 Å². The quantitative estimate of drug-likeness (QED) is 0.625. The number of carbonyl (C=O) groups is 2. The van der Waals surface area contributed by atoms with Crippen molar-refractivity contribution in [2.45, 2.75) is 45.2 Å². The molecule has 2 atom stereocenters. The Morgan fingerprint density at radius 2 is 1.79 bits per heavy atom. The first kappa shape index (κ1) is 22.5. The van der Waals surface area contributed by atoms with Gasteiger partial charge in [0, 0.05) is 43.0 Å². The third kappa shape index (κ3) is 3.75. The SMILES string of the molecule is CC(=O)N1c2cc(NCc3ccncc3)[c]cc2C(C)(c2ccccc2)C(C(N)=O)C1(C)C. The molecule has 0 spiro atoms. The molecule has 1 aliphatic rings. The lowest BCUT2D eigenvalue weighted by Crippen LogP contribution is -2.65. The predicted molar refractivity (Wildman–Crippen MR) is 130 cm³/mol. The maximum absolute atomic E-state index is 12.9. The molecule has 0 saturated heterocycles. The van der Waals surface area contributed by atoms with Crippen LogP contribution in [-0.2, 0) is 21.5 Å². The highest BCUT2D eigenvalue weighted by molar-refractivity contribution is 5.98. The Morgan fingerprint density at radius 1 is 1.12 bits per heavy atom. The Labute approximate surface area is 194 Å². The van der Waals surface area contributed by atoms with E-state index < -0.39 is 22.8 Å². The van der Waals surface area contributed by atoms with Gasteiger partial charge in [-0.3, -0.25) is 14.6 Å². The molecule has 6 heteroatoms. The highest BCUT2D eigenvalue weighted by Crippen LogP contribution is 2.54. The second-order valence-electron chi connectivity index (χ2n) is 9.27. The summed E-state index contributed by atoms with van der Waals surface area (Å²) >= 11 is 0. The van der Waals surface area contributed by atoms with Crippen molar-refractivity contribution in [1.82, 2.24) is 4.98 Å². The van der Waals surface area contributed by atoms with Gasteiger partial charge in [0.2, 0.25) is 11.8 Å². The minimum absolute atomic E-state index is 0.145. The molecule has 6 nitrogen and oxygen atoms in total. The number of fused-ring (bicyclic) bond motifs is 1. The number of aromatic nitrogens is 1. The standard InChI is InChI=1S/C27H29N4O2/c1-18(32)31-23-16-21(30-17-19-12-14-29-15-13-19)10-11-22(23)27(4,20-8-6-5-7-9-20)24(25(28)33)26(31,2)3/h5-9,11-16,24,30H,17H2,1-4H3,(H2,28,33). The van der Waals surface area contributed by atoms with Gasteiger partial charge in [0.1, 0.15) is 0 Å². The Bertz CT molecular complexity index is 1180. The van der Waals surface area contributed by atoms with Crippen LogP contribution in [-0.4, -0.2) is 22.3 Å². The van der Waals surface area contributed by atoms with E-state index >= 15 is 0 Å². The van der Waals surface area contributed by atoms with Gasteiger partial charge in [-0.1, -0.05) is 37.3 Å². The van der Waals surface area contributed by atoms with Crippen molar-refractivity contribution in [3.8, 4) is 0 Å². The van der Waals surface area contributed by atoms with Gasteiger partial charge < -0.3 is 16.0 Å². The van der Waals surface area contributed by atoms with Crippen LogP contribution in [0, 0.1) is 12.0 Å². The van der Waals surface area contributed by atoms with Gasteiger partial charge in [-0.05, 0) is 54.8 Å². The molecule has 169 valence electrons. The van der Waals surface area contributed by atoms with Crippen molar-refractivity contribution in [1.29, 1.82) is 0 Å². The van der Waals surface area contributed by atoms with Crippen LogP contribution in [0.2, 0.25) is 0 Å². The first-order chi connectivity index (χ1) is 15.7. The van der Waals surface area contributed by atoms with E-state index in [4.69, 9.17) is 5.73 Å². The van der Waals surface area contributed by atoms with Crippen LogP contribution in [0.3, 0.4) is 0 Å². The molecule has 33 heavy (non-hydrogen) atoms. The Morgan fingerprint density at radius 3 is 2.39 bits per heavy atom. The fourth-order valence-corrected chi connectivity index (χ4v) is 5.50. The van der Waals surface area contributed by atoms with Crippen molar-refractivity contribution in [2.24, 2.45) is 11.7 Å². The van der Waals surface area contributed by atoms with Gasteiger partial charge in [-0.2, -0.15) is 0 Å². The first-order valence-electron chi connectivity index (χ1n) is 11.0. The van der Waals surface area contributed by atoms with Gasteiger partial charge in [-0.15, -0.1) is 0 Å². The van der Waals surface area contributed by atoms with Crippen LogP contribution in [0.4, 0.5) is 11.4 Å². The molecule has 0 fully saturated rings. The molecule has 3 aromatic rings. The normalized spacial score (nSPS) is 21.2. The molecule has 2 amide bonds. The van der Waals surface area contributed by atoms with Crippen LogP contribution in [0.15, 0.2) is 67.0 Å². The number of nitrogens with two attached hydrogens (primary N) is 1. The number of nitrogens with zero attached hydrogens (tertiary/aromatic N) is 2. The number of primary amides is 1. The number of benzene rings is 2. The van der Waals surface area contributed by atoms with Crippen molar-refractivity contribution in [3.63, 3.8) is 0 Å². The molecule has 0 aliphatic carbocycles. The van der Waals surface area contributed by atoms with Gasteiger partial charge in [0.15, 0.2) is 0 Å². The highest BCUT2D eigenvalue weighted by Gasteiger charge is 2.57. The summed E-state index contributed by atoms with van der Waals surface area (Å²) in [5.74, 6) is -1.23. The predicted octanol–water partition coefficient (Wildman–Crippen LogP) is 4.05. The Balaban J connectivity index is 1.89. The number of hydrogen-bond donors (Lipinski definition) is 2. The Hall–Kier alpha value is -3.67. The maximum atomic E-state index is 12.9. The summed E-state index contributed by atoms with van der Waals surface area (Å²) in [5, 5.41) is 3.39. The van der Waals surface area contributed by atoms with Gasteiger partial charge in [0.25, 0.3) is 0 Å². The van der Waals surface area contributed by atoms with Crippen molar-refractivity contribution in [2.75, 3.05) is 10.2 Å². The van der Waals surface area contributed by atoms with Crippen LogP contribution in [0.5, 0.6) is 0 Å². The summed E-state index contributed by atoms with van der Waals surface area (Å²) in [6.45, 7) is 7.98. The third-order valence-corrected chi connectivity index (χ3v) is 6.79. The van der Waals surface area contributed by atoms with Crippen LogP contribution in [0.1, 0.15) is 44.4 Å². The van der Waals surface area contributed by atoms with Crippen molar-refractivity contribution < 1.29 is 9.59 Å². The first-order valence-corrected chi connectivity index (χ1v) is 11.0. The summed E-state index contributed by atoms with van der Waals surface area (Å²) in [5.41, 5.74) is 8.85. The van der Waals surface area contributed by atoms with E-state index in [1.54, 1.807) is 17.3 Å². The molecule has 1 aliphatic heterocycles. The third-order valence-electron chi connectivity index (χ3n) is 6.79. The van der Waals surface area contributed by atoms with E-state index in [1.165, 1.54) is 6.92 Å². The number of nitrogens with one attached hydrogen (secondary N) is 1. The summed E-state index contributed by atoms with van der Waals surface area (Å²) in [6, 6.07) is 20.9. The minimum Gasteiger partial charge on any atom is -0.380 e. The van der Waals surface area contributed by atoms with Gasteiger partial charge in [0.05, 0.1) is 17.1 Å². The largest absolute Gasteiger partial charge is 0.380 e. The van der Waals surface area contributed by atoms with Gasteiger partial charge >= 0.3 is 0 Å². The van der Waals surface area contributed by atoms with E-state index in [-0.39, 0.29) is 5.91 Å². The van der Waals surface area contributed by atoms with E-state index in [9.17, 15) is 9.59 Å². The Kier molecular flexibility index (Phi) is 5.70. The van der Waals surface area contributed by atoms with E-state index in [1.807, 2.05) is 75.4 Å². The molecule has 2 heterocycles. The molecule has 3 N–H and O–H groups in total. The number of amides is 2. The molecule has 1 aromatic heterocycles. The number of carbonyl (C=O) groups excluding carboxylic acids is 2. The van der Waals surface area contributed by atoms with Crippen LogP contribution in [0.25, 0.3) is 0 Å². The highest BCUT2D eigenvalue weighted by atomic mass is 16.2. The lowest BCUT2D eigenvalue weighted by molar-refractivity contribution is -0.127. The zero-order chi connectivity index (χ0) is 23.8. The van der Waals surface area contributed by atoms with Crippen molar-refractivity contribution in [3.05, 3.63) is 89.7 Å². The van der Waals surface area contributed by atoms with E-state index in [0.717, 1.165) is 28.1 Å². The average Bonchev–Trinajstić information content (AvgIpc) is 2.77. The second-order valence-corrected chi connectivity index (χ2v) is 9.27. The fraction of sp³-hybridized carbons (Fsp3) is 0.296. The summed E-state index contributed by atoms with van der Waals surface area (Å²) in [4.78, 5) is 31.6. The molecular formula is C27H29N4O2. The average molecular weight is 442 g/mol. The lowest BCUT2D eigenvalue weighted by atomic mass is 9.57. The molecule has 1 radical (unpaired) electrons. The molecule has 0 bridgehead atoms. The zero-order valence-electron chi connectivity index (χ0n) is 19.4. The summed E-state index contributed by atoms with van der Waals surface area (Å²) < 4.78 is 0. The van der Waals surface area contributed by atoms with E-state index in [0.29, 0.717) is 6.54 Å². The van der Waals surface area contributed by atoms with Crippen molar-refractivity contribution >= 4 is 23.2 Å². The number of hydrogen-bond acceptors (Lipinski definition) is 4. The molecular weight excluding hydrogens is 412 g/mol. The number of anilines is 2.